The van der Waals surface area contributed by atoms with Gasteiger partial charge < -0.3 is 15.0 Å². The van der Waals surface area contributed by atoms with Gasteiger partial charge in [0.25, 0.3) is 10.0 Å². The molecule has 0 unspecified atom stereocenters. The number of hydrogen-bond acceptors (Lipinski definition) is 5. The number of halogens is 1. The van der Waals surface area contributed by atoms with E-state index in [1.165, 1.54) is 30.2 Å². The lowest BCUT2D eigenvalue weighted by Crippen LogP contribution is -2.53. The molecule has 2 atom stereocenters. The minimum Gasteiger partial charge on any atom is -0.495 e. The van der Waals surface area contributed by atoms with E-state index in [2.05, 4.69) is 5.32 Å². The van der Waals surface area contributed by atoms with Gasteiger partial charge in [-0.3, -0.25) is 13.9 Å². The Labute approximate surface area is 254 Å². The summed E-state index contributed by atoms with van der Waals surface area (Å²) in [4.78, 5) is 29.1. The summed E-state index contributed by atoms with van der Waals surface area (Å²) in [6.45, 7) is 9.10. The van der Waals surface area contributed by atoms with Crippen molar-refractivity contribution in [2.24, 2.45) is 0 Å². The smallest absolute Gasteiger partial charge is 0.264 e. The van der Waals surface area contributed by atoms with Gasteiger partial charge in [0.15, 0.2) is 0 Å². The molecule has 0 aromatic heterocycles. The maximum absolute atomic E-state index is 14.2. The van der Waals surface area contributed by atoms with E-state index < -0.39 is 28.5 Å². The summed E-state index contributed by atoms with van der Waals surface area (Å²) in [6, 6.07) is 17.7. The minimum atomic E-state index is -4.21. The summed E-state index contributed by atoms with van der Waals surface area (Å²) in [7, 11) is -2.74. The summed E-state index contributed by atoms with van der Waals surface area (Å²) in [5, 5.41) is 3.18. The summed E-state index contributed by atoms with van der Waals surface area (Å²) >= 11 is 6.40. The molecule has 42 heavy (non-hydrogen) atoms. The van der Waals surface area contributed by atoms with E-state index in [9.17, 15) is 18.0 Å². The molecule has 3 rings (SSSR count). The Morgan fingerprint density at radius 2 is 1.64 bits per heavy atom. The lowest BCUT2D eigenvalue weighted by Gasteiger charge is -2.34. The normalized spacial score (nSPS) is 12.7. The highest BCUT2D eigenvalue weighted by Gasteiger charge is 2.34. The lowest BCUT2D eigenvalue weighted by molar-refractivity contribution is -0.140. The minimum absolute atomic E-state index is 0.0276. The maximum atomic E-state index is 14.2. The van der Waals surface area contributed by atoms with Gasteiger partial charge in [-0.2, -0.15) is 0 Å². The van der Waals surface area contributed by atoms with Crippen LogP contribution in [0.1, 0.15) is 50.3 Å². The van der Waals surface area contributed by atoms with E-state index in [0.29, 0.717) is 12.2 Å². The fraction of sp³-hybridized carbons (Fsp3) is 0.375. The number of rotatable bonds is 13. The van der Waals surface area contributed by atoms with Crippen LogP contribution >= 0.6 is 11.6 Å². The predicted molar refractivity (Wildman–Crippen MR) is 167 cm³/mol. The Bertz CT molecular complexity index is 1490. The molecule has 8 nitrogen and oxygen atoms in total. The van der Waals surface area contributed by atoms with Crippen molar-refractivity contribution < 1.29 is 22.7 Å². The molecule has 226 valence electrons. The number of ether oxygens (including phenoxy) is 1. The second kappa shape index (κ2) is 14.6. The first-order valence-electron chi connectivity index (χ1n) is 14.0. The second-order valence-electron chi connectivity index (χ2n) is 10.3. The largest absolute Gasteiger partial charge is 0.495 e. The molecule has 0 saturated heterocycles. The molecule has 0 spiro atoms. The fourth-order valence-corrected chi connectivity index (χ4v) is 6.17. The Balaban J connectivity index is 2.11. The van der Waals surface area contributed by atoms with Crippen LogP contribution in [0.2, 0.25) is 5.02 Å². The molecule has 0 radical (unpaired) electrons. The van der Waals surface area contributed by atoms with Crippen molar-refractivity contribution in [3.05, 3.63) is 88.4 Å². The Kier molecular flexibility index (Phi) is 11.4. The Morgan fingerprint density at radius 3 is 2.21 bits per heavy atom. The lowest BCUT2D eigenvalue weighted by atomic mass is 10.1. The molecule has 3 aromatic carbocycles. The predicted octanol–water partition coefficient (Wildman–Crippen LogP) is 5.88. The number of anilines is 1. The van der Waals surface area contributed by atoms with Crippen LogP contribution in [0.4, 0.5) is 5.69 Å². The number of carbonyl (C=O) groups is 2. The van der Waals surface area contributed by atoms with Crippen molar-refractivity contribution in [2.45, 2.75) is 71.0 Å². The zero-order valence-corrected chi connectivity index (χ0v) is 26.6. The number of nitrogens with one attached hydrogen (secondary N) is 1. The zero-order chi connectivity index (χ0) is 31.0. The van der Waals surface area contributed by atoms with Gasteiger partial charge in [-0.25, -0.2) is 8.42 Å². The molecule has 0 aliphatic rings. The molecule has 10 heteroatoms. The average Bonchev–Trinajstić information content (AvgIpc) is 2.96. The average molecular weight is 614 g/mol. The van der Waals surface area contributed by atoms with E-state index in [1.807, 2.05) is 58.9 Å². The van der Waals surface area contributed by atoms with Crippen LogP contribution in [-0.4, -0.2) is 50.9 Å². The standard InChI is InChI=1S/C32H40ClN3O5S/c1-7-24(5)34-32(38)29(8-2)35(20-25-12-10-9-11-23(25)4)31(37)21-36(26-15-18-30(41-6)28(33)19-26)42(39,40)27-16-13-22(3)14-17-27/h9-19,24,29H,7-8,20-21H2,1-6H3,(H,34,38)/t24-,29+/m1/s1. The van der Waals surface area contributed by atoms with Crippen LogP contribution in [0, 0.1) is 13.8 Å². The van der Waals surface area contributed by atoms with E-state index >= 15 is 0 Å². The first-order valence-corrected chi connectivity index (χ1v) is 15.8. The van der Waals surface area contributed by atoms with Gasteiger partial charge in [0.05, 0.1) is 22.7 Å². The molecule has 0 aliphatic heterocycles. The maximum Gasteiger partial charge on any atom is 0.264 e. The highest BCUT2D eigenvalue weighted by Crippen LogP contribution is 2.32. The number of amides is 2. The van der Waals surface area contributed by atoms with Crippen LogP contribution in [0.5, 0.6) is 5.75 Å². The Hall–Kier alpha value is -3.56. The van der Waals surface area contributed by atoms with Crippen LogP contribution in [-0.2, 0) is 26.2 Å². The number of aryl methyl sites for hydroxylation is 2. The summed E-state index contributed by atoms with van der Waals surface area (Å²) in [5.41, 5.74) is 2.91. The second-order valence-corrected chi connectivity index (χ2v) is 12.6. The molecule has 0 fully saturated rings. The fourth-order valence-electron chi connectivity index (χ4n) is 4.51. The molecule has 0 bridgehead atoms. The number of carbonyl (C=O) groups excluding carboxylic acids is 2. The number of methoxy groups -OCH3 is 1. The summed E-state index contributed by atoms with van der Waals surface area (Å²) < 4.78 is 34.4. The monoisotopic (exact) mass is 613 g/mol. The molecular formula is C32H40ClN3O5S. The van der Waals surface area contributed by atoms with Crippen molar-refractivity contribution in [1.29, 1.82) is 0 Å². The van der Waals surface area contributed by atoms with Crippen LogP contribution in [0.3, 0.4) is 0 Å². The first-order chi connectivity index (χ1) is 19.9. The number of hydrogen-bond donors (Lipinski definition) is 1. The van der Waals surface area contributed by atoms with Crippen molar-refractivity contribution in [2.75, 3.05) is 18.0 Å². The topological polar surface area (TPSA) is 96.0 Å². The van der Waals surface area contributed by atoms with Crippen LogP contribution in [0.15, 0.2) is 71.6 Å². The van der Waals surface area contributed by atoms with Gasteiger partial charge in [0, 0.05) is 12.6 Å². The van der Waals surface area contributed by atoms with Crippen LogP contribution in [0.25, 0.3) is 0 Å². The van der Waals surface area contributed by atoms with E-state index in [0.717, 1.165) is 27.4 Å². The van der Waals surface area contributed by atoms with Gasteiger partial charge in [-0.1, -0.05) is 67.4 Å². The third-order valence-electron chi connectivity index (χ3n) is 7.30. The highest BCUT2D eigenvalue weighted by atomic mass is 35.5. The van der Waals surface area contributed by atoms with Crippen molar-refractivity contribution in [3.63, 3.8) is 0 Å². The molecule has 0 aliphatic carbocycles. The van der Waals surface area contributed by atoms with Crippen molar-refractivity contribution >= 4 is 39.1 Å². The van der Waals surface area contributed by atoms with Gasteiger partial charge in [-0.05, 0) is 75.1 Å². The van der Waals surface area contributed by atoms with Gasteiger partial charge in [0.1, 0.15) is 18.3 Å². The van der Waals surface area contributed by atoms with Gasteiger partial charge >= 0.3 is 0 Å². The summed E-state index contributed by atoms with van der Waals surface area (Å²) in [6.07, 6.45) is 1.08. The first kappa shape index (κ1) is 32.9. The SMILES string of the molecule is CC[C@@H](C)NC(=O)[C@H](CC)N(Cc1ccccc1C)C(=O)CN(c1ccc(OC)c(Cl)c1)S(=O)(=O)c1ccc(C)cc1. The highest BCUT2D eigenvalue weighted by molar-refractivity contribution is 7.92. The molecule has 0 heterocycles. The van der Waals surface area contributed by atoms with E-state index in [1.54, 1.807) is 24.3 Å². The Morgan fingerprint density at radius 1 is 0.976 bits per heavy atom. The molecular weight excluding hydrogens is 574 g/mol. The third kappa shape index (κ3) is 7.83. The van der Waals surface area contributed by atoms with Gasteiger partial charge in [0.2, 0.25) is 11.8 Å². The molecule has 2 amide bonds. The number of sulfonamides is 1. The van der Waals surface area contributed by atoms with Crippen molar-refractivity contribution in [1.82, 2.24) is 10.2 Å². The van der Waals surface area contributed by atoms with Crippen molar-refractivity contribution in [3.8, 4) is 5.75 Å². The third-order valence-corrected chi connectivity index (χ3v) is 9.38. The molecule has 3 aromatic rings. The summed E-state index contributed by atoms with van der Waals surface area (Å²) in [5.74, 6) is -0.436. The van der Waals surface area contributed by atoms with E-state index in [4.69, 9.17) is 16.3 Å². The number of nitrogens with zero attached hydrogens (tertiary/aromatic N) is 2. The molecule has 1 N–H and O–H groups in total. The zero-order valence-electron chi connectivity index (χ0n) is 25.1. The van der Waals surface area contributed by atoms with Gasteiger partial charge in [-0.15, -0.1) is 0 Å². The van der Waals surface area contributed by atoms with Crippen LogP contribution < -0.4 is 14.4 Å². The number of benzene rings is 3. The quantitative estimate of drug-likeness (QED) is 0.260. The molecule has 0 saturated carbocycles. The van der Waals surface area contributed by atoms with E-state index in [-0.39, 0.29) is 34.1 Å².